The van der Waals surface area contributed by atoms with Gasteiger partial charge in [-0.2, -0.15) is 0 Å². The number of nitrogens with one attached hydrogen (secondary N) is 1. The molecule has 1 atom stereocenters. The molecule has 0 aliphatic heterocycles. The van der Waals surface area contributed by atoms with Crippen molar-refractivity contribution in [1.29, 1.82) is 0 Å². The molecular weight excluding hydrogens is 242 g/mol. The van der Waals surface area contributed by atoms with Crippen molar-refractivity contribution in [2.75, 3.05) is 25.6 Å². The molecule has 5 nitrogen and oxygen atoms in total. The third-order valence-corrected chi connectivity index (χ3v) is 2.96. The van der Waals surface area contributed by atoms with Crippen LogP contribution in [0.15, 0.2) is 30.5 Å². The summed E-state index contributed by atoms with van der Waals surface area (Å²) in [6, 6.07) is 7.79. The molecule has 5 heteroatoms. The van der Waals surface area contributed by atoms with Crippen molar-refractivity contribution in [2.24, 2.45) is 0 Å². The fourth-order valence-electron chi connectivity index (χ4n) is 1.74. The molecule has 0 aliphatic carbocycles. The van der Waals surface area contributed by atoms with Crippen LogP contribution in [0.2, 0.25) is 0 Å². The minimum Gasteiger partial charge on any atom is -0.388 e. The van der Waals surface area contributed by atoms with E-state index in [0.717, 1.165) is 10.9 Å². The highest BCUT2D eigenvalue weighted by atomic mass is 16.5. The first-order valence-electron chi connectivity index (χ1n) is 6.28. The molecule has 2 aromatic rings. The van der Waals surface area contributed by atoms with Gasteiger partial charge in [-0.3, -0.25) is 0 Å². The molecule has 0 radical (unpaired) electrons. The predicted molar refractivity (Wildman–Crippen MR) is 75.1 cm³/mol. The number of hydrogen-bond donors (Lipinski definition) is 2. The zero-order valence-electron chi connectivity index (χ0n) is 11.3. The SMILES string of the molecule is COCCC(C)(O)CNc1ncc2ccccc2n1. The Labute approximate surface area is 112 Å². The quantitative estimate of drug-likeness (QED) is 0.830. The minimum absolute atomic E-state index is 0.384. The molecular formula is C14H19N3O2. The van der Waals surface area contributed by atoms with Gasteiger partial charge in [0.2, 0.25) is 5.95 Å². The van der Waals surface area contributed by atoms with Crippen molar-refractivity contribution in [3.8, 4) is 0 Å². The highest BCUT2D eigenvalue weighted by molar-refractivity contribution is 5.78. The van der Waals surface area contributed by atoms with Crippen molar-refractivity contribution in [2.45, 2.75) is 18.9 Å². The molecule has 2 rings (SSSR count). The van der Waals surface area contributed by atoms with E-state index in [9.17, 15) is 5.11 Å². The normalized spacial score (nSPS) is 14.3. The molecule has 0 spiro atoms. The van der Waals surface area contributed by atoms with Gasteiger partial charge in [-0.15, -0.1) is 0 Å². The fourth-order valence-corrected chi connectivity index (χ4v) is 1.74. The van der Waals surface area contributed by atoms with Crippen LogP contribution in [0, 0.1) is 0 Å². The highest BCUT2D eigenvalue weighted by Crippen LogP contribution is 2.14. The summed E-state index contributed by atoms with van der Waals surface area (Å²) in [5.41, 5.74) is 0.0434. The van der Waals surface area contributed by atoms with Crippen LogP contribution in [0.4, 0.5) is 5.95 Å². The topological polar surface area (TPSA) is 67.3 Å². The lowest BCUT2D eigenvalue weighted by Crippen LogP contribution is -2.35. The molecule has 0 saturated heterocycles. The Kier molecular flexibility index (Phi) is 4.29. The highest BCUT2D eigenvalue weighted by Gasteiger charge is 2.20. The number of rotatable bonds is 6. The Morgan fingerprint density at radius 1 is 1.37 bits per heavy atom. The van der Waals surface area contributed by atoms with Gasteiger partial charge in [-0.25, -0.2) is 9.97 Å². The summed E-state index contributed by atoms with van der Waals surface area (Å²) in [5.74, 6) is 0.524. The van der Waals surface area contributed by atoms with E-state index in [1.165, 1.54) is 0 Å². The van der Waals surface area contributed by atoms with Crippen LogP contribution in [0.25, 0.3) is 10.9 Å². The van der Waals surface area contributed by atoms with Crippen molar-refractivity contribution < 1.29 is 9.84 Å². The van der Waals surface area contributed by atoms with Gasteiger partial charge in [0, 0.05) is 38.3 Å². The first kappa shape index (κ1) is 13.7. The van der Waals surface area contributed by atoms with Crippen molar-refractivity contribution >= 4 is 16.9 Å². The standard InChI is InChI=1S/C14H19N3O2/c1-14(18,7-8-19-2)10-16-13-15-9-11-5-3-4-6-12(11)17-13/h3-6,9,18H,7-8,10H2,1-2H3,(H,15,16,17). The second kappa shape index (κ2) is 5.95. The van der Waals surface area contributed by atoms with E-state index in [1.807, 2.05) is 24.3 Å². The Morgan fingerprint density at radius 2 is 2.16 bits per heavy atom. The van der Waals surface area contributed by atoms with Crippen LogP contribution in [0.5, 0.6) is 0 Å². The molecule has 0 fully saturated rings. The largest absolute Gasteiger partial charge is 0.388 e. The number of ether oxygens (including phenoxy) is 1. The van der Waals surface area contributed by atoms with Gasteiger partial charge in [-0.05, 0) is 13.0 Å². The fraction of sp³-hybridized carbons (Fsp3) is 0.429. The van der Waals surface area contributed by atoms with Crippen LogP contribution in [-0.2, 0) is 4.74 Å². The lowest BCUT2D eigenvalue weighted by molar-refractivity contribution is 0.0356. The summed E-state index contributed by atoms with van der Waals surface area (Å²) in [6.07, 6.45) is 2.33. The van der Waals surface area contributed by atoms with E-state index in [-0.39, 0.29) is 0 Å². The number of nitrogens with zero attached hydrogens (tertiary/aromatic N) is 2. The molecule has 1 aromatic heterocycles. The van der Waals surface area contributed by atoms with Crippen LogP contribution in [-0.4, -0.2) is 40.9 Å². The van der Waals surface area contributed by atoms with E-state index in [0.29, 0.717) is 25.5 Å². The summed E-state index contributed by atoms with van der Waals surface area (Å²) >= 11 is 0. The second-order valence-corrected chi connectivity index (χ2v) is 4.85. The molecule has 1 aromatic carbocycles. The molecule has 2 N–H and O–H groups in total. The van der Waals surface area contributed by atoms with Gasteiger partial charge in [0.1, 0.15) is 0 Å². The zero-order chi connectivity index (χ0) is 13.7. The maximum atomic E-state index is 10.1. The molecule has 0 bridgehead atoms. The molecule has 0 saturated carbocycles. The van der Waals surface area contributed by atoms with Crippen molar-refractivity contribution in [1.82, 2.24) is 9.97 Å². The van der Waals surface area contributed by atoms with E-state index in [1.54, 1.807) is 20.2 Å². The Bertz CT molecular complexity index is 543. The number of para-hydroxylation sites is 1. The van der Waals surface area contributed by atoms with Gasteiger partial charge < -0.3 is 15.2 Å². The molecule has 0 aliphatic rings. The van der Waals surface area contributed by atoms with Crippen LogP contribution in [0.3, 0.4) is 0 Å². The number of anilines is 1. The maximum absolute atomic E-state index is 10.1. The molecule has 102 valence electrons. The first-order valence-corrected chi connectivity index (χ1v) is 6.28. The summed E-state index contributed by atoms with van der Waals surface area (Å²) in [6.45, 7) is 2.67. The average Bonchev–Trinajstić information content (AvgIpc) is 2.43. The summed E-state index contributed by atoms with van der Waals surface area (Å²) in [4.78, 5) is 8.62. The van der Waals surface area contributed by atoms with Crippen LogP contribution in [0.1, 0.15) is 13.3 Å². The lowest BCUT2D eigenvalue weighted by Gasteiger charge is -2.23. The predicted octanol–water partition coefficient (Wildman–Crippen LogP) is 1.83. The number of aromatic nitrogens is 2. The number of benzene rings is 1. The third-order valence-electron chi connectivity index (χ3n) is 2.96. The first-order chi connectivity index (χ1) is 9.11. The van der Waals surface area contributed by atoms with Crippen LogP contribution < -0.4 is 5.32 Å². The van der Waals surface area contributed by atoms with Gasteiger partial charge >= 0.3 is 0 Å². The monoisotopic (exact) mass is 261 g/mol. The molecule has 1 heterocycles. The lowest BCUT2D eigenvalue weighted by atomic mass is 10.0. The Hall–Kier alpha value is -1.72. The van der Waals surface area contributed by atoms with Crippen LogP contribution >= 0.6 is 0 Å². The van der Waals surface area contributed by atoms with Crippen molar-refractivity contribution in [3.05, 3.63) is 30.5 Å². The van der Waals surface area contributed by atoms with Gasteiger partial charge in [0.05, 0.1) is 11.1 Å². The number of hydrogen-bond acceptors (Lipinski definition) is 5. The minimum atomic E-state index is -0.842. The van der Waals surface area contributed by atoms with E-state index in [4.69, 9.17) is 4.74 Å². The van der Waals surface area contributed by atoms with E-state index < -0.39 is 5.60 Å². The smallest absolute Gasteiger partial charge is 0.223 e. The summed E-state index contributed by atoms with van der Waals surface area (Å²) < 4.78 is 4.97. The van der Waals surface area contributed by atoms with E-state index >= 15 is 0 Å². The number of aliphatic hydroxyl groups is 1. The Balaban J connectivity index is 2.01. The Morgan fingerprint density at radius 3 is 2.95 bits per heavy atom. The molecule has 1 unspecified atom stereocenters. The van der Waals surface area contributed by atoms with Gasteiger partial charge in [0.25, 0.3) is 0 Å². The van der Waals surface area contributed by atoms with Crippen molar-refractivity contribution in [3.63, 3.8) is 0 Å². The average molecular weight is 261 g/mol. The van der Waals surface area contributed by atoms with Gasteiger partial charge in [0.15, 0.2) is 0 Å². The van der Waals surface area contributed by atoms with Gasteiger partial charge in [-0.1, -0.05) is 18.2 Å². The third kappa shape index (κ3) is 3.87. The number of fused-ring (bicyclic) bond motifs is 1. The second-order valence-electron chi connectivity index (χ2n) is 4.85. The molecule has 19 heavy (non-hydrogen) atoms. The summed E-state index contributed by atoms with van der Waals surface area (Å²) in [5, 5.41) is 14.2. The zero-order valence-corrected chi connectivity index (χ0v) is 11.3. The van der Waals surface area contributed by atoms with E-state index in [2.05, 4.69) is 15.3 Å². The number of methoxy groups -OCH3 is 1. The molecule has 0 amide bonds. The summed E-state index contributed by atoms with van der Waals surface area (Å²) in [7, 11) is 1.62. The maximum Gasteiger partial charge on any atom is 0.223 e.